The van der Waals surface area contributed by atoms with Crippen LogP contribution in [0.1, 0.15) is 96.5 Å². The Morgan fingerprint density at radius 3 is 1.59 bits per heavy atom. The number of unbranched alkanes of at least 4 members (excludes halogenated alkanes) is 6. The van der Waals surface area contributed by atoms with Crippen molar-refractivity contribution in [3.63, 3.8) is 0 Å². The first kappa shape index (κ1) is 45.1. The summed E-state index contributed by atoms with van der Waals surface area (Å²) in [6.07, 6.45) is 16.2. The molecule has 12 heteroatoms. The first-order chi connectivity index (χ1) is 24.6. The number of carbonyl (C=O) groups excluding carboxylic acids is 2. The molecule has 0 fully saturated rings. The second-order valence-electron chi connectivity index (χ2n) is 12.6. The van der Waals surface area contributed by atoms with Crippen LogP contribution in [0.15, 0.2) is 42.5 Å². The number of hydrogen-bond acceptors (Lipinski definition) is 10. The van der Waals surface area contributed by atoms with E-state index in [4.69, 9.17) is 24.7 Å². The molecule has 288 valence electrons. The van der Waals surface area contributed by atoms with E-state index in [1.165, 1.54) is 0 Å². The van der Waals surface area contributed by atoms with E-state index in [2.05, 4.69) is 18.7 Å². The van der Waals surface area contributed by atoms with Crippen molar-refractivity contribution in [2.75, 3.05) is 63.4 Å². The molecular formula is C39H62N2O10. The Hall–Kier alpha value is -3.90. The van der Waals surface area contributed by atoms with E-state index in [0.717, 1.165) is 62.6 Å². The molecule has 2 unspecified atom stereocenters. The Bertz CT molecular complexity index is 1140. The molecule has 0 spiro atoms. The number of aliphatic carboxylic acids is 2. The number of nitrogens with two attached hydrogens (primary N) is 1. The highest BCUT2D eigenvalue weighted by molar-refractivity contribution is 5.79. The van der Waals surface area contributed by atoms with Crippen molar-refractivity contribution in [1.82, 2.24) is 0 Å². The van der Waals surface area contributed by atoms with Gasteiger partial charge in [0.25, 0.3) is 0 Å². The summed E-state index contributed by atoms with van der Waals surface area (Å²) in [5.41, 5.74) is 8.54. The molecule has 0 amide bonds. The standard InChI is InChI=1S/C39H62N2O10/c1-4-6-8-10-12-14-16-32(38(44)45)29-36(42)50-26-24-48-22-20-41(34-18-19-35(40)31(3)28-34)21-23-49-25-27-51-37(43)30-33(39(46)47)17-15-13-11-9-7-5-2/h12-15,18-19,28,32-33H,4-11,16-17,20-27,29-30,40H2,1-3H3,(H,44,45)(H,46,47)/b14-12+,15-13+. The number of nitrogens with zero attached hydrogens (tertiary/aromatic N) is 1. The highest BCUT2D eigenvalue weighted by Crippen LogP contribution is 2.20. The number of carboxylic acid groups (broad SMARTS) is 2. The molecular weight excluding hydrogens is 656 g/mol. The minimum absolute atomic E-state index is 0.0177. The number of rotatable bonds is 31. The normalized spacial score (nSPS) is 12.6. The number of aryl methyl sites for hydroxylation is 1. The predicted octanol–water partition coefficient (Wildman–Crippen LogP) is 6.74. The smallest absolute Gasteiger partial charge is 0.307 e. The third-order valence-corrected chi connectivity index (χ3v) is 8.26. The summed E-state index contributed by atoms with van der Waals surface area (Å²) in [5, 5.41) is 19.0. The summed E-state index contributed by atoms with van der Waals surface area (Å²) in [6, 6.07) is 5.71. The number of carbonyl (C=O) groups is 4. The molecule has 1 aromatic rings. The number of anilines is 2. The van der Waals surface area contributed by atoms with Crippen molar-refractivity contribution in [3.05, 3.63) is 48.1 Å². The molecule has 0 aromatic heterocycles. The van der Waals surface area contributed by atoms with Gasteiger partial charge < -0.3 is 39.8 Å². The summed E-state index contributed by atoms with van der Waals surface area (Å²) >= 11 is 0. The van der Waals surface area contributed by atoms with Crippen LogP contribution in [-0.2, 0) is 38.1 Å². The van der Waals surface area contributed by atoms with Gasteiger partial charge in [0, 0.05) is 24.5 Å². The Labute approximate surface area is 304 Å². The fourth-order valence-corrected chi connectivity index (χ4v) is 5.05. The van der Waals surface area contributed by atoms with Crippen LogP contribution in [0, 0.1) is 18.8 Å². The number of esters is 2. The number of allylic oxidation sites excluding steroid dienone is 4. The Balaban J connectivity index is 2.43. The van der Waals surface area contributed by atoms with Crippen LogP contribution in [0.2, 0.25) is 0 Å². The van der Waals surface area contributed by atoms with Crippen molar-refractivity contribution in [3.8, 4) is 0 Å². The van der Waals surface area contributed by atoms with Gasteiger partial charge in [-0.15, -0.1) is 0 Å². The molecule has 0 saturated heterocycles. The van der Waals surface area contributed by atoms with Crippen LogP contribution in [-0.4, -0.2) is 86.8 Å². The van der Waals surface area contributed by atoms with Gasteiger partial charge in [-0.2, -0.15) is 0 Å². The highest BCUT2D eigenvalue weighted by Gasteiger charge is 2.22. The molecule has 0 aliphatic carbocycles. The third kappa shape index (κ3) is 22.5. The van der Waals surface area contributed by atoms with E-state index in [1.54, 1.807) is 0 Å². The predicted molar refractivity (Wildman–Crippen MR) is 199 cm³/mol. The SMILES string of the molecule is CCCCC/C=C/CC(CC(=O)OCCOCCN(CCOCCOC(=O)CC(C/C=C/CCCCC)C(=O)O)c1ccc(N)c(C)c1)C(=O)O. The van der Waals surface area contributed by atoms with E-state index in [0.29, 0.717) is 32.0 Å². The monoisotopic (exact) mass is 718 g/mol. The van der Waals surface area contributed by atoms with Crippen molar-refractivity contribution in [2.45, 2.75) is 97.8 Å². The fraction of sp³-hybridized carbons (Fsp3) is 0.641. The van der Waals surface area contributed by atoms with Gasteiger partial charge in [-0.25, -0.2) is 0 Å². The molecule has 51 heavy (non-hydrogen) atoms. The van der Waals surface area contributed by atoms with E-state index < -0.39 is 35.7 Å². The molecule has 12 nitrogen and oxygen atoms in total. The van der Waals surface area contributed by atoms with Crippen LogP contribution in [0.3, 0.4) is 0 Å². The number of carboxylic acids is 2. The molecule has 0 heterocycles. The molecule has 0 aliphatic rings. The number of nitrogen functional groups attached to an aromatic ring is 1. The molecule has 0 saturated carbocycles. The maximum Gasteiger partial charge on any atom is 0.307 e. The Morgan fingerprint density at radius 2 is 1.18 bits per heavy atom. The second-order valence-corrected chi connectivity index (χ2v) is 12.6. The zero-order chi connectivity index (χ0) is 37.7. The van der Waals surface area contributed by atoms with Crippen LogP contribution >= 0.6 is 0 Å². The van der Waals surface area contributed by atoms with Crippen molar-refractivity contribution in [1.29, 1.82) is 0 Å². The van der Waals surface area contributed by atoms with Gasteiger partial charge in [-0.05, 0) is 69.2 Å². The van der Waals surface area contributed by atoms with Gasteiger partial charge in [0.15, 0.2) is 0 Å². The van der Waals surface area contributed by atoms with Crippen LogP contribution in [0.25, 0.3) is 0 Å². The maximum absolute atomic E-state index is 12.2. The second kappa shape index (κ2) is 28.8. The zero-order valence-electron chi connectivity index (χ0n) is 31.0. The molecule has 2 atom stereocenters. The van der Waals surface area contributed by atoms with Crippen molar-refractivity contribution in [2.24, 2.45) is 11.8 Å². The molecule has 0 radical (unpaired) electrons. The van der Waals surface area contributed by atoms with Gasteiger partial charge in [0.05, 0.1) is 51.1 Å². The minimum Gasteiger partial charge on any atom is -0.481 e. The summed E-state index contributed by atoms with van der Waals surface area (Å²) in [4.78, 5) is 49.7. The number of benzene rings is 1. The lowest BCUT2D eigenvalue weighted by Gasteiger charge is -2.25. The van der Waals surface area contributed by atoms with Gasteiger partial charge >= 0.3 is 23.9 Å². The molecule has 0 aliphatic heterocycles. The van der Waals surface area contributed by atoms with Crippen molar-refractivity contribution >= 4 is 35.3 Å². The number of ether oxygens (including phenoxy) is 4. The molecule has 1 rings (SSSR count). The summed E-state index contributed by atoms with van der Waals surface area (Å²) in [5.74, 6) is -4.84. The van der Waals surface area contributed by atoms with Gasteiger partial charge in [-0.1, -0.05) is 63.8 Å². The van der Waals surface area contributed by atoms with Crippen LogP contribution < -0.4 is 10.6 Å². The Morgan fingerprint density at radius 1 is 0.706 bits per heavy atom. The first-order valence-electron chi connectivity index (χ1n) is 18.4. The van der Waals surface area contributed by atoms with Gasteiger partial charge in [0.1, 0.15) is 13.2 Å². The van der Waals surface area contributed by atoms with Crippen LogP contribution in [0.4, 0.5) is 11.4 Å². The third-order valence-electron chi connectivity index (χ3n) is 8.26. The lowest BCUT2D eigenvalue weighted by Crippen LogP contribution is -2.32. The fourth-order valence-electron chi connectivity index (χ4n) is 5.05. The lowest BCUT2D eigenvalue weighted by atomic mass is 10.0. The van der Waals surface area contributed by atoms with E-state index in [9.17, 15) is 29.4 Å². The topological polar surface area (TPSA) is 175 Å². The first-order valence-corrected chi connectivity index (χ1v) is 18.4. The van der Waals surface area contributed by atoms with Gasteiger partial charge in [0.2, 0.25) is 0 Å². The quantitative estimate of drug-likeness (QED) is 0.0320. The zero-order valence-corrected chi connectivity index (χ0v) is 31.0. The van der Waals surface area contributed by atoms with Gasteiger partial charge in [-0.3, -0.25) is 19.2 Å². The van der Waals surface area contributed by atoms with E-state index in [-0.39, 0.29) is 52.1 Å². The van der Waals surface area contributed by atoms with E-state index >= 15 is 0 Å². The summed E-state index contributed by atoms with van der Waals surface area (Å²) in [6.45, 7) is 8.20. The van der Waals surface area contributed by atoms with E-state index in [1.807, 2.05) is 49.4 Å². The van der Waals surface area contributed by atoms with Crippen molar-refractivity contribution < 1.29 is 48.3 Å². The molecule has 4 N–H and O–H groups in total. The number of hydrogen-bond donors (Lipinski definition) is 3. The summed E-state index contributed by atoms with van der Waals surface area (Å²) in [7, 11) is 0. The highest BCUT2D eigenvalue weighted by atomic mass is 16.6. The maximum atomic E-state index is 12.2. The van der Waals surface area contributed by atoms with Crippen LogP contribution in [0.5, 0.6) is 0 Å². The molecule has 0 bridgehead atoms. The lowest BCUT2D eigenvalue weighted by molar-refractivity contribution is -0.152. The minimum atomic E-state index is -1.02. The summed E-state index contributed by atoms with van der Waals surface area (Å²) < 4.78 is 21.9. The average molecular weight is 719 g/mol. The molecule has 1 aromatic carbocycles. The Kier molecular flexibility index (Phi) is 25.4. The average Bonchev–Trinajstić information content (AvgIpc) is 3.09. The largest absolute Gasteiger partial charge is 0.481 e.